The highest BCUT2D eigenvalue weighted by Gasteiger charge is 2.18. The Morgan fingerprint density at radius 1 is 1.15 bits per heavy atom. The highest BCUT2D eigenvalue weighted by Crippen LogP contribution is 2.14. The molecule has 1 amide bonds. The summed E-state index contributed by atoms with van der Waals surface area (Å²) >= 11 is 1.45. The molecule has 0 saturated heterocycles. The lowest BCUT2D eigenvalue weighted by molar-refractivity contribution is -0.134. The third kappa shape index (κ3) is 5.88. The average molecular weight is 411 g/mol. The van der Waals surface area contributed by atoms with Gasteiger partial charge in [0.1, 0.15) is 0 Å². The molecule has 0 radical (unpaired) electrons. The van der Waals surface area contributed by atoms with Crippen LogP contribution in [0.2, 0.25) is 0 Å². The van der Waals surface area contributed by atoms with E-state index < -0.39 is 16.0 Å². The van der Waals surface area contributed by atoms with Crippen molar-refractivity contribution in [2.24, 2.45) is 0 Å². The SMILES string of the molecule is CCN(CC)C(=O)COC(=O)c1cccc(S(=O)(=O)NCc2cccs2)c1. The molecule has 0 bridgehead atoms. The van der Waals surface area contributed by atoms with Crippen molar-refractivity contribution in [3.05, 3.63) is 52.2 Å². The van der Waals surface area contributed by atoms with Gasteiger partial charge >= 0.3 is 5.97 Å². The first-order valence-electron chi connectivity index (χ1n) is 8.44. The molecule has 1 N–H and O–H groups in total. The molecule has 0 fully saturated rings. The Morgan fingerprint density at radius 2 is 1.89 bits per heavy atom. The normalized spacial score (nSPS) is 11.2. The number of esters is 1. The molecule has 0 atom stereocenters. The maximum absolute atomic E-state index is 12.4. The molecule has 2 rings (SSSR count). The smallest absolute Gasteiger partial charge is 0.338 e. The summed E-state index contributed by atoms with van der Waals surface area (Å²) in [5.41, 5.74) is 0.0707. The van der Waals surface area contributed by atoms with Crippen molar-refractivity contribution in [2.45, 2.75) is 25.3 Å². The summed E-state index contributed by atoms with van der Waals surface area (Å²) in [5.74, 6) is -1.04. The van der Waals surface area contributed by atoms with E-state index in [0.29, 0.717) is 13.1 Å². The molecule has 1 aromatic carbocycles. The van der Waals surface area contributed by atoms with Crippen LogP contribution in [0, 0.1) is 0 Å². The maximum atomic E-state index is 12.4. The van der Waals surface area contributed by atoms with Crippen molar-refractivity contribution < 1.29 is 22.7 Å². The standard InChI is InChI=1S/C18H22N2O5S2/c1-3-20(4-2)17(21)13-25-18(22)14-7-5-9-16(11-14)27(23,24)19-12-15-8-6-10-26-15/h5-11,19H,3-4,12-13H2,1-2H3. The lowest BCUT2D eigenvalue weighted by atomic mass is 10.2. The zero-order chi connectivity index (χ0) is 19.9. The van der Waals surface area contributed by atoms with Crippen LogP contribution in [0.3, 0.4) is 0 Å². The van der Waals surface area contributed by atoms with Crippen LogP contribution in [0.25, 0.3) is 0 Å². The first kappa shape index (κ1) is 21.1. The lowest BCUT2D eigenvalue weighted by Crippen LogP contribution is -2.34. The van der Waals surface area contributed by atoms with Crippen molar-refractivity contribution >= 4 is 33.2 Å². The van der Waals surface area contributed by atoms with Gasteiger partial charge in [-0.3, -0.25) is 4.79 Å². The van der Waals surface area contributed by atoms with Crippen molar-refractivity contribution in [1.82, 2.24) is 9.62 Å². The molecule has 27 heavy (non-hydrogen) atoms. The number of ether oxygens (including phenoxy) is 1. The van der Waals surface area contributed by atoms with Crippen molar-refractivity contribution in [1.29, 1.82) is 0 Å². The van der Waals surface area contributed by atoms with E-state index in [9.17, 15) is 18.0 Å². The average Bonchev–Trinajstić information content (AvgIpc) is 3.19. The maximum Gasteiger partial charge on any atom is 0.338 e. The lowest BCUT2D eigenvalue weighted by Gasteiger charge is -2.18. The summed E-state index contributed by atoms with van der Waals surface area (Å²) in [4.78, 5) is 26.5. The number of thiophene rings is 1. The summed E-state index contributed by atoms with van der Waals surface area (Å²) in [6, 6.07) is 9.21. The highest BCUT2D eigenvalue weighted by molar-refractivity contribution is 7.89. The predicted molar refractivity (Wildman–Crippen MR) is 103 cm³/mol. The highest BCUT2D eigenvalue weighted by atomic mass is 32.2. The van der Waals surface area contributed by atoms with Crippen molar-refractivity contribution in [2.75, 3.05) is 19.7 Å². The zero-order valence-corrected chi connectivity index (χ0v) is 16.8. The number of benzene rings is 1. The summed E-state index contributed by atoms with van der Waals surface area (Å²) in [6.07, 6.45) is 0. The van der Waals surface area contributed by atoms with Gasteiger partial charge in [0.25, 0.3) is 5.91 Å². The van der Waals surface area contributed by atoms with Crippen molar-refractivity contribution in [3.63, 3.8) is 0 Å². The number of hydrogen-bond donors (Lipinski definition) is 1. The molecule has 1 heterocycles. The van der Waals surface area contributed by atoms with Crippen LogP contribution in [0.5, 0.6) is 0 Å². The van der Waals surface area contributed by atoms with Gasteiger partial charge in [0, 0.05) is 24.5 Å². The van der Waals surface area contributed by atoms with Crippen LogP contribution >= 0.6 is 11.3 Å². The van der Waals surface area contributed by atoms with Gasteiger partial charge in [-0.25, -0.2) is 17.9 Å². The second-order valence-corrected chi connectivity index (χ2v) is 8.37. The first-order chi connectivity index (χ1) is 12.9. The van der Waals surface area contributed by atoms with Gasteiger partial charge in [0.05, 0.1) is 10.5 Å². The van der Waals surface area contributed by atoms with Gasteiger partial charge in [-0.15, -0.1) is 11.3 Å². The van der Waals surface area contributed by atoms with E-state index in [1.165, 1.54) is 35.6 Å². The van der Waals surface area contributed by atoms with E-state index in [1.807, 2.05) is 31.4 Å². The fourth-order valence-electron chi connectivity index (χ4n) is 2.33. The second kappa shape index (κ2) is 9.63. The van der Waals surface area contributed by atoms with Gasteiger partial charge < -0.3 is 9.64 Å². The van der Waals surface area contributed by atoms with Crippen LogP contribution in [-0.2, 0) is 26.1 Å². The summed E-state index contributed by atoms with van der Waals surface area (Å²) in [5, 5.41) is 1.86. The Labute approximate surface area is 163 Å². The summed E-state index contributed by atoms with van der Waals surface area (Å²) < 4.78 is 32.3. The molecular weight excluding hydrogens is 388 g/mol. The van der Waals surface area contributed by atoms with Crippen LogP contribution in [0.1, 0.15) is 29.1 Å². The van der Waals surface area contributed by atoms with Gasteiger partial charge in [-0.2, -0.15) is 0 Å². The molecule has 0 saturated carbocycles. The number of amides is 1. The van der Waals surface area contributed by atoms with Crippen LogP contribution in [0.15, 0.2) is 46.7 Å². The summed E-state index contributed by atoms with van der Waals surface area (Å²) in [6.45, 7) is 4.51. The number of nitrogens with zero attached hydrogens (tertiary/aromatic N) is 1. The van der Waals surface area contributed by atoms with Crippen LogP contribution in [0.4, 0.5) is 0 Å². The van der Waals surface area contributed by atoms with Crippen molar-refractivity contribution in [3.8, 4) is 0 Å². The fraction of sp³-hybridized carbons (Fsp3) is 0.333. The van der Waals surface area contributed by atoms with E-state index in [4.69, 9.17) is 4.74 Å². The van der Waals surface area contributed by atoms with Crippen LogP contribution < -0.4 is 4.72 Å². The molecule has 0 aliphatic carbocycles. The van der Waals surface area contributed by atoms with Gasteiger partial charge in [0.15, 0.2) is 6.61 Å². The molecule has 0 aliphatic rings. The third-order valence-electron chi connectivity index (χ3n) is 3.84. The summed E-state index contributed by atoms with van der Waals surface area (Å²) in [7, 11) is -3.77. The Hall–Kier alpha value is -2.23. The molecule has 9 heteroatoms. The van der Waals surface area contributed by atoms with E-state index in [2.05, 4.69) is 4.72 Å². The molecular formula is C18H22N2O5S2. The minimum atomic E-state index is -3.77. The topological polar surface area (TPSA) is 92.8 Å². The zero-order valence-electron chi connectivity index (χ0n) is 15.2. The van der Waals surface area contributed by atoms with E-state index in [0.717, 1.165) is 4.88 Å². The molecule has 1 aromatic heterocycles. The largest absolute Gasteiger partial charge is 0.452 e. The predicted octanol–water partition coefficient (Wildman–Crippen LogP) is 2.25. The van der Waals surface area contributed by atoms with E-state index >= 15 is 0 Å². The Kier molecular flexibility index (Phi) is 7.52. The number of likely N-dealkylation sites (N-methyl/N-ethyl adjacent to an activating group) is 1. The molecule has 0 spiro atoms. The van der Waals surface area contributed by atoms with E-state index in [1.54, 1.807) is 4.90 Å². The van der Waals surface area contributed by atoms with Crippen LogP contribution in [-0.4, -0.2) is 44.9 Å². The molecule has 0 unspecified atom stereocenters. The van der Waals surface area contributed by atoms with Gasteiger partial charge in [-0.1, -0.05) is 12.1 Å². The fourth-order valence-corrected chi connectivity index (χ4v) is 4.12. The monoisotopic (exact) mass is 410 g/mol. The number of nitrogens with one attached hydrogen (secondary N) is 1. The quantitative estimate of drug-likeness (QED) is 0.640. The minimum Gasteiger partial charge on any atom is -0.452 e. The Bertz CT molecular complexity index is 875. The molecule has 146 valence electrons. The second-order valence-electron chi connectivity index (χ2n) is 5.57. The Morgan fingerprint density at radius 3 is 2.52 bits per heavy atom. The van der Waals surface area contributed by atoms with Gasteiger partial charge in [0.2, 0.25) is 10.0 Å². The number of hydrogen-bond acceptors (Lipinski definition) is 6. The molecule has 0 aliphatic heterocycles. The Balaban J connectivity index is 2.03. The number of rotatable bonds is 9. The molecule has 2 aromatic rings. The molecule has 7 nitrogen and oxygen atoms in total. The minimum absolute atomic E-state index is 0.0384. The van der Waals surface area contributed by atoms with Gasteiger partial charge in [-0.05, 0) is 43.5 Å². The number of carbonyl (C=O) groups is 2. The van der Waals surface area contributed by atoms with E-state index in [-0.39, 0.29) is 29.5 Å². The first-order valence-corrected chi connectivity index (χ1v) is 10.8. The third-order valence-corrected chi connectivity index (χ3v) is 6.11. The number of sulfonamides is 1. The number of carbonyl (C=O) groups excluding carboxylic acids is 2.